The summed E-state index contributed by atoms with van der Waals surface area (Å²) in [6.45, 7) is 7.00. The summed E-state index contributed by atoms with van der Waals surface area (Å²) in [5.41, 5.74) is 0. The molecule has 21 heavy (non-hydrogen) atoms. The highest BCUT2D eigenvalue weighted by atomic mass is 16.6. The van der Waals surface area contributed by atoms with Gasteiger partial charge in [-0.15, -0.1) is 0 Å². The molecule has 0 radical (unpaired) electrons. The Hall–Kier alpha value is -0.160. The van der Waals surface area contributed by atoms with E-state index in [0.29, 0.717) is 39.6 Å². The summed E-state index contributed by atoms with van der Waals surface area (Å²) in [6, 6.07) is 0. The van der Waals surface area contributed by atoms with Crippen molar-refractivity contribution in [3.63, 3.8) is 0 Å². The molecule has 0 aliphatic carbocycles. The van der Waals surface area contributed by atoms with Gasteiger partial charge in [0.25, 0.3) is 0 Å². The fraction of sp³-hybridized carbons (Fsp3) is 1.00. The van der Waals surface area contributed by atoms with Gasteiger partial charge in [0, 0.05) is 13.7 Å². The van der Waals surface area contributed by atoms with Crippen molar-refractivity contribution < 1.29 is 18.9 Å². The van der Waals surface area contributed by atoms with Crippen molar-refractivity contribution in [2.75, 3.05) is 53.4 Å². The van der Waals surface area contributed by atoms with Crippen LogP contribution in [0.2, 0.25) is 0 Å². The molecule has 0 saturated heterocycles. The van der Waals surface area contributed by atoms with E-state index in [-0.39, 0.29) is 0 Å². The van der Waals surface area contributed by atoms with Gasteiger partial charge in [-0.1, -0.05) is 51.9 Å². The lowest BCUT2D eigenvalue weighted by Gasteiger charge is -2.06. The molecule has 0 unspecified atom stereocenters. The standard InChI is InChI=1S/C17H36O4/c1-3-4-5-6-7-8-9-10-11-19-14-15-21-17-16-20-13-12-18-2/h3-17H2,1-2H3. The van der Waals surface area contributed by atoms with E-state index < -0.39 is 0 Å². The quantitative estimate of drug-likeness (QED) is 0.361. The maximum absolute atomic E-state index is 5.54. The van der Waals surface area contributed by atoms with Crippen LogP contribution >= 0.6 is 0 Å². The molecule has 4 heteroatoms. The summed E-state index contributed by atoms with van der Waals surface area (Å²) >= 11 is 0. The normalized spacial score (nSPS) is 11.1. The highest BCUT2D eigenvalue weighted by molar-refractivity contribution is 4.45. The van der Waals surface area contributed by atoms with Crippen LogP contribution in [0.4, 0.5) is 0 Å². The van der Waals surface area contributed by atoms with Crippen LogP contribution in [-0.2, 0) is 18.9 Å². The van der Waals surface area contributed by atoms with E-state index in [1.54, 1.807) is 7.11 Å². The highest BCUT2D eigenvalue weighted by Crippen LogP contribution is 2.08. The zero-order valence-electron chi connectivity index (χ0n) is 14.2. The molecule has 0 aliphatic heterocycles. The smallest absolute Gasteiger partial charge is 0.0701 e. The number of hydrogen-bond donors (Lipinski definition) is 0. The maximum Gasteiger partial charge on any atom is 0.0701 e. The highest BCUT2D eigenvalue weighted by Gasteiger charge is 1.93. The lowest BCUT2D eigenvalue weighted by Crippen LogP contribution is -2.11. The van der Waals surface area contributed by atoms with Gasteiger partial charge in [-0.2, -0.15) is 0 Å². The predicted octanol–water partition coefficient (Wildman–Crippen LogP) is 3.82. The van der Waals surface area contributed by atoms with Crippen LogP contribution < -0.4 is 0 Å². The van der Waals surface area contributed by atoms with Crippen molar-refractivity contribution in [3.8, 4) is 0 Å². The second-order valence-electron chi connectivity index (χ2n) is 5.30. The van der Waals surface area contributed by atoms with Crippen LogP contribution in [0, 0.1) is 0 Å². The Labute approximate surface area is 131 Å². The largest absolute Gasteiger partial charge is 0.382 e. The minimum absolute atomic E-state index is 0.626. The molecule has 128 valence electrons. The number of methoxy groups -OCH3 is 1. The van der Waals surface area contributed by atoms with Gasteiger partial charge in [0.15, 0.2) is 0 Å². The molecule has 0 aromatic rings. The van der Waals surface area contributed by atoms with Crippen molar-refractivity contribution in [1.29, 1.82) is 0 Å². The van der Waals surface area contributed by atoms with Gasteiger partial charge in [-0.05, 0) is 6.42 Å². The lowest BCUT2D eigenvalue weighted by molar-refractivity contribution is 0.00323. The lowest BCUT2D eigenvalue weighted by atomic mass is 10.1. The third-order valence-electron chi connectivity index (χ3n) is 3.32. The molecule has 0 aromatic heterocycles. The minimum Gasteiger partial charge on any atom is -0.382 e. The molecule has 0 aromatic carbocycles. The van der Waals surface area contributed by atoms with E-state index >= 15 is 0 Å². The van der Waals surface area contributed by atoms with E-state index in [0.717, 1.165) is 6.61 Å². The second-order valence-corrected chi connectivity index (χ2v) is 5.30. The zero-order chi connectivity index (χ0) is 15.4. The molecular weight excluding hydrogens is 268 g/mol. The summed E-state index contributed by atoms with van der Waals surface area (Å²) in [4.78, 5) is 0. The second kappa shape index (κ2) is 19.8. The van der Waals surface area contributed by atoms with Crippen LogP contribution in [-0.4, -0.2) is 53.4 Å². The predicted molar refractivity (Wildman–Crippen MR) is 86.9 cm³/mol. The molecule has 4 nitrogen and oxygen atoms in total. The Morgan fingerprint density at radius 1 is 0.476 bits per heavy atom. The third-order valence-corrected chi connectivity index (χ3v) is 3.32. The van der Waals surface area contributed by atoms with Crippen LogP contribution in [0.1, 0.15) is 58.3 Å². The van der Waals surface area contributed by atoms with Crippen LogP contribution in [0.15, 0.2) is 0 Å². The summed E-state index contributed by atoms with van der Waals surface area (Å²) < 4.78 is 21.1. The van der Waals surface area contributed by atoms with Gasteiger partial charge in [0.2, 0.25) is 0 Å². The van der Waals surface area contributed by atoms with Gasteiger partial charge in [-0.3, -0.25) is 0 Å². The maximum atomic E-state index is 5.54. The van der Waals surface area contributed by atoms with Crippen LogP contribution in [0.5, 0.6) is 0 Å². The van der Waals surface area contributed by atoms with Crippen LogP contribution in [0.3, 0.4) is 0 Å². The number of hydrogen-bond acceptors (Lipinski definition) is 4. The molecule has 0 bridgehead atoms. The number of ether oxygens (including phenoxy) is 4. The van der Waals surface area contributed by atoms with Crippen molar-refractivity contribution in [3.05, 3.63) is 0 Å². The molecule has 0 heterocycles. The summed E-state index contributed by atoms with van der Waals surface area (Å²) in [5, 5.41) is 0. The van der Waals surface area contributed by atoms with Crippen molar-refractivity contribution in [2.45, 2.75) is 58.3 Å². The van der Waals surface area contributed by atoms with E-state index in [9.17, 15) is 0 Å². The Morgan fingerprint density at radius 3 is 1.43 bits per heavy atom. The Morgan fingerprint density at radius 2 is 0.905 bits per heavy atom. The molecule has 0 rings (SSSR count). The van der Waals surface area contributed by atoms with Gasteiger partial charge in [0.05, 0.1) is 39.6 Å². The van der Waals surface area contributed by atoms with Crippen LogP contribution in [0.25, 0.3) is 0 Å². The first kappa shape index (κ1) is 20.8. The summed E-state index contributed by atoms with van der Waals surface area (Å²) in [5.74, 6) is 0. The minimum atomic E-state index is 0.626. The average molecular weight is 304 g/mol. The van der Waals surface area contributed by atoms with Gasteiger partial charge in [-0.25, -0.2) is 0 Å². The molecule has 0 N–H and O–H groups in total. The molecule has 0 saturated carbocycles. The molecular formula is C17H36O4. The van der Waals surface area contributed by atoms with Crippen molar-refractivity contribution in [2.24, 2.45) is 0 Å². The third kappa shape index (κ3) is 19.8. The van der Waals surface area contributed by atoms with E-state index in [2.05, 4.69) is 6.92 Å². The molecule has 0 fully saturated rings. The van der Waals surface area contributed by atoms with E-state index in [4.69, 9.17) is 18.9 Å². The van der Waals surface area contributed by atoms with E-state index in [1.807, 2.05) is 0 Å². The van der Waals surface area contributed by atoms with Gasteiger partial charge in [0.1, 0.15) is 0 Å². The molecule has 0 aliphatic rings. The first-order valence-corrected chi connectivity index (χ1v) is 8.64. The Kier molecular flexibility index (Phi) is 19.7. The number of rotatable bonds is 18. The number of unbranched alkanes of at least 4 members (excludes halogenated alkanes) is 7. The SMILES string of the molecule is CCCCCCCCCCOCCOCCOCCOC. The van der Waals surface area contributed by atoms with Gasteiger partial charge < -0.3 is 18.9 Å². The Bertz CT molecular complexity index is 158. The zero-order valence-corrected chi connectivity index (χ0v) is 14.2. The van der Waals surface area contributed by atoms with Crippen molar-refractivity contribution >= 4 is 0 Å². The first-order valence-electron chi connectivity index (χ1n) is 8.64. The Balaban J connectivity index is 2.90. The van der Waals surface area contributed by atoms with Gasteiger partial charge >= 0.3 is 0 Å². The monoisotopic (exact) mass is 304 g/mol. The molecule has 0 amide bonds. The average Bonchev–Trinajstić information content (AvgIpc) is 2.50. The topological polar surface area (TPSA) is 36.9 Å². The fourth-order valence-electron chi connectivity index (χ4n) is 2.02. The van der Waals surface area contributed by atoms with Crippen molar-refractivity contribution in [1.82, 2.24) is 0 Å². The summed E-state index contributed by atoms with van der Waals surface area (Å²) in [7, 11) is 1.67. The molecule has 0 spiro atoms. The fourth-order valence-corrected chi connectivity index (χ4v) is 2.02. The van der Waals surface area contributed by atoms with E-state index in [1.165, 1.54) is 51.4 Å². The first-order chi connectivity index (χ1) is 10.4. The molecule has 0 atom stereocenters. The summed E-state index contributed by atoms with van der Waals surface area (Å²) in [6.07, 6.45) is 10.7.